The Bertz CT molecular complexity index is 1240. The lowest BCUT2D eigenvalue weighted by molar-refractivity contribution is 0.374. The van der Waals surface area contributed by atoms with Crippen LogP contribution in [0.5, 0.6) is 17.2 Å². The molecule has 2 heterocycles. The van der Waals surface area contributed by atoms with E-state index < -0.39 is 10.0 Å². The largest absolute Gasteiger partial charge is 0.497 e. The maximum absolute atomic E-state index is 13.2. The van der Waals surface area contributed by atoms with Crippen LogP contribution in [0.3, 0.4) is 0 Å². The minimum Gasteiger partial charge on any atom is -0.497 e. The van der Waals surface area contributed by atoms with E-state index in [0.717, 1.165) is 22.1 Å². The maximum atomic E-state index is 13.2. The molecule has 3 aromatic rings. The van der Waals surface area contributed by atoms with Gasteiger partial charge < -0.3 is 19.1 Å². The molecule has 2 aromatic carbocycles. The number of methoxy groups -OCH3 is 3. The molecule has 0 bridgehead atoms. The zero-order chi connectivity index (χ0) is 23.6. The molecule has 176 valence electrons. The normalized spacial score (nSPS) is 14.8. The first kappa shape index (κ1) is 23.6. The first-order valence-corrected chi connectivity index (χ1v) is 12.8. The number of piperazine rings is 1. The van der Waals surface area contributed by atoms with E-state index in [2.05, 4.69) is 4.90 Å². The van der Waals surface area contributed by atoms with Gasteiger partial charge in [-0.05, 0) is 36.4 Å². The Morgan fingerprint density at radius 1 is 0.939 bits per heavy atom. The second-order valence-electron chi connectivity index (χ2n) is 7.27. The van der Waals surface area contributed by atoms with E-state index in [1.54, 1.807) is 26.4 Å². The van der Waals surface area contributed by atoms with Gasteiger partial charge in [0.05, 0.1) is 27.0 Å². The highest BCUT2D eigenvalue weighted by Gasteiger charge is 2.32. The molecule has 0 radical (unpaired) electrons. The van der Waals surface area contributed by atoms with E-state index in [1.807, 2.05) is 23.6 Å². The molecule has 33 heavy (non-hydrogen) atoms. The molecule has 1 fully saturated rings. The van der Waals surface area contributed by atoms with Gasteiger partial charge in [0.25, 0.3) is 0 Å². The van der Waals surface area contributed by atoms with Crippen molar-refractivity contribution in [2.24, 2.45) is 0 Å². The van der Waals surface area contributed by atoms with Crippen LogP contribution in [-0.2, 0) is 10.0 Å². The summed E-state index contributed by atoms with van der Waals surface area (Å²) in [4.78, 5) is 6.94. The van der Waals surface area contributed by atoms with Crippen LogP contribution in [0.2, 0.25) is 5.02 Å². The molecule has 1 aliphatic rings. The molecule has 4 rings (SSSR count). The van der Waals surface area contributed by atoms with Crippen molar-refractivity contribution in [3.05, 3.63) is 46.8 Å². The number of aromatic nitrogens is 1. The van der Waals surface area contributed by atoms with Gasteiger partial charge in [-0.15, -0.1) is 11.3 Å². The van der Waals surface area contributed by atoms with Gasteiger partial charge >= 0.3 is 0 Å². The molecular weight excluding hydrogens is 486 g/mol. The SMILES string of the molecule is COc1ccc(OC)c(-c2csc(N3CCN(S(=O)(=O)c4cc(Cl)ccc4OC)CC3)n2)c1. The lowest BCUT2D eigenvalue weighted by Crippen LogP contribution is -2.48. The van der Waals surface area contributed by atoms with Crippen LogP contribution in [-0.4, -0.2) is 65.2 Å². The van der Waals surface area contributed by atoms with Crippen molar-refractivity contribution in [3.63, 3.8) is 0 Å². The summed E-state index contributed by atoms with van der Waals surface area (Å²) in [5.41, 5.74) is 1.62. The highest BCUT2D eigenvalue weighted by atomic mass is 35.5. The Morgan fingerprint density at radius 2 is 1.64 bits per heavy atom. The highest BCUT2D eigenvalue weighted by Crippen LogP contribution is 2.36. The zero-order valence-electron chi connectivity index (χ0n) is 18.4. The Labute approximate surface area is 202 Å². The Balaban J connectivity index is 1.51. The predicted molar refractivity (Wildman–Crippen MR) is 130 cm³/mol. The van der Waals surface area contributed by atoms with Crippen molar-refractivity contribution in [3.8, 4) is 28.5 Å². The molecular formula is C22H24ClN3O5S2. The monoisotopic (exact) mass is 509 g/mol. The van der Waals surface area contributed by atoms with E-state index in [-0.39, 0.29) is 10.6 Å². The van der Waals surface area contributed by atoms with Crippen LogP contribution >= 0.6 is 22.9 Å². The predicted octanol–water partition coefficient (Wildman–Crippen LogP) is 4.00. The van der Waals surface area contributed by atoms with E-state index in [4.69, 9.17) is 30.8 Å². The van der Waals surface area contributed by atoms with Gasteiger partial charge in [-0.1, -0.05) is 11.6 Å². The summed E-state index contributed by atoms with van der Waals surface area (Å²) in [5.74, 6) is 1.70. The second-order valence-corrected chi connectivity index (χ2v) is 10.4. The maximum Gasteiger partial charge on any atom is 0.246 e. The number of hydrogen-bond acceptors (Lipinski definition) is 8. The average Bonchev–Trinajstić information content (AvgIpc) is 3.34. The smallest absolute Gasteiger partial charge is 0.246 e. The molecule has 8 nitrogen and oxygen atoms in total. The molecule has 1 aliphatic heterocycles. The van der Waals surface area contributed by atoms with Crippen LogP contribution < -0.4 is 19.1 Å². The molecule has 0 saturated carbocycles. The summed E-state index contributed by atoms with van der Waals surface area (Å²) < 4.78 is 43.9. The van der Waals surface area contributed by atoms with Gasteiger partial charge in [0, 0.05) is 42.1 Å². The van der Waals surface area contributed by atoms with Gasteiger partial charge in [-0.2, -0.15) is 4.31 Å². The van der Waals surface area contributed by atoms with Crippen molar-refractivity contribution in [2.75, 3.05) is 52.4 Å². The van der Waals surface area contributed by atoms with Gasteiger partial charge in [0.2, 0.25) is 10.0 Å². The van der Waals surface area contributed by atoms with Crippen LogP contribution in [0.1, 0.15) is 0 Å². The molecule has 0 aliphatic carbocycles. The number of anilines is 1. The van der Waals surface area contributed by atoms with Crippen LogP contribution in [0.4, 0.5) is 5.13 Å². The Kier molecular flexibility index (Phi) is 6.99. The zero-order valence-corrected chi connectivity index (χ0v) is 20.8. The van der Waals surface area contributed by atoms with Gasteiger partial charge in [-0.25, -0.2) is 13.4 Å². The van der Waals surface area contributed by atoms with Gasteiger partial charge in [0.1, 0.15) is 22.1 Å². The molecule has 11 heteroatoms. The Hall–Kier alpha value is -2.53. The molecule has 0 unspecified atom stereocenters. The fourth-order valence-electron chi connectivity index (χ4n) is 3.66. The molecule has 0 N–H and O–H groups in total. The number of halogens is 1. The molecule has 0 spiro atoms. The van der Waals surface area contributed by atoms with E-state index in [0.29, 0.717) is 37.0 Å². The minimum atomic E-state index is -3.74. The van der Waals surface area contributed by atoms with Crippen LogP contribution in [0.15, 0.2) is 46.7 Å². The standard InChI is InChI=1S/C22H24ClN3O5S2/c1-29-16-5-7-19(30-2)17(13-16)18-14-32-22(24-18)25-8-10-26(11-9-25)33(27,28)21-12-15(23)4-6-20(21)31-3/h4-7,12-14H,8-11H2,1-3H3. The van der Waals surface area contributed by atoms with Crippen molar-refractivity contribution in [2.45, 2.75) is 4.90 Å². The summed E-state index contributed by atoms with van der Waals surface area (Å²) in [6, 6.07) is 10.2. The van der Waals surface area contributed by atoms with Crippen LogP contribution in [0.25, 0.3) is 11.3 Å². The number of nitrogens with zero attached hydrogens (tertiary/aromatic N) is 3. The highest BCUT2D eigenvalue weighted by molar-refractivity contribution is 7.89. The minimum absolute atomic E-state index is 0.0765. The number of hydrogen-bond donors (Lipinski definition) is 0. The summed E-state index contributed by atoms with van der Waals surface area (Å²) >= 11 is 7.55. The van der Waals surface area contributed by atoms with E-state index in [1.165, 1.54) is 28.8 Å². The third-order valence-corrected chi connectivity index (χ3v) is 8.48. The summed E-state index contributed by atoms with van der Waals surface area (Å²) in [7, 11) is 0.938. The number of rotatable bonds is 7. The quantitative estimate of drug-likeness (QED) is 0.476. The fraction of sp³-hybridized carbons (Fsp3) is 0.318. The average molecular weight is 510 g/mol. The van der Waals surface area contributed by atoms with Gasteiger partial charge in [-0.3, -0.25) is 0 Å². The first-order valence-electron chi connectivity index (χ1n) is 10.1. The van der Waals surface area contributed by atoms with Crippen molar-refractivity contribution >= 4 is 38.1 Å². The number of ether oxygens (including phenoxy) is 3. The van der Waals surface area contributed by atoms with Gasteiger partial charge in [0.15, 0.2) is 5.13 Å². The van der Waals surface area contributed by atoms with Crippen molar-refractivity contribution in [1.29, 1.82) is 0 Å². The summed E-state index contributed by atoms with van der Waals surface area (Å²) in [5, 5.41) is 3.13. The lowest BCUT2D eigenvalue weighted by atomic mass is 10.1. The number of benzene rings is 2. The van der Waals surface area contributed by atoms with Crippen molar-refractivity contribution < 1.29 is 22.6 Å². The van der Waals surface area contributed by atoms with E-state index >= 15 is 0 Å². The second kappa shape index (κ2) is 9.76. The first-order chi connectivity index (χ1) is 15.9. The summed E-state index contributed by atoms with van der Waals surface area (Å²) in [6.07, 6.45) is 0. The third-order valence-electron chi connectivity index (χ3n) is 5.43. The fourth-order valence-corrected chi connectivity index (χ4v) is 6.38. The molecule has 0 amide bonds. The third kappa shape index (κ3) is 4.74. The van der Waals surface area contributed by atoms with Crippen molar-refractivity contribution in [1.82, 2.24) is 9.29 Å². The number of thiazole rings is 1. The molecule has 0 atom stereocenters. The van der Waals surface area contributed by atoms with Crippen LogP contribution in [0, 0.1) is 0 Å². The number of sulfonamides is 1. The van der Waals surface area contributed by atoms with E-state index in [9.17, 15) is 8.42 Å². The Morgan fingerprint density at radius 3 is 2.30 bits per heavy atom. The molecule has 1 saturated heterocycles. The molecule has 1 aromatic heterocycles. The lowest BCUT2D eigenvalue weighted by Gasteiger charge is -2.34. The topological polar surface area (TPSA) is 81.2 Å². The summed E-state index contributed by atoms with van der Waals surface area (Å²) in [6.45, 7) is 1.69.